The molecule has 0 aromatic heterocycles. The average molecular weight is 400 g/mol. The Balaban J connectivity index is 1.17. The van der Waals surface area contributed by atoms with Crippen LogP contribution in [0.4, 0.5) is 5.69 Å². The van der Waals surface area contributed by atoms with Crippen LogP contribution in [0.2, 0.25) is 0 Å². The van der Waals surface area contributed by atoms with Crippen LogP contribution in [-0.2, 0) is 11.2 Å². The maximum Gasteiger partial charge on any atom is 0.224 e. The number of anilines is 1. The average Bonchev–Trinajstić information content (AvgIpc) is 3.42. The molecule has 0 bridgehead atoms. The molecule has 29 heavy (non-hydrogen) atoms. The fraction of sp³-hybridized carbons (Fsp3) is 0.636. The first-order chi connectivity index (χ1) is 14.2. The van der Waals surface area contributed by atoms with Crippen LogP contribution in [0, 0.1) is 0 Å². The molecule has 0 radical (unpaired) electrons. The first-order valence-electron chi connectivity index (χ1n) is 11.0. The Labute approximate surface area is 173 Å². The summed E-state index contributed by atoms with van der Waals surface area (Å²) in [5.74, 6) is 1.77. The van der Waals surface area contributed by atoms with Crippen molar-refractivity contribution < 1.29 is 9.53 Å². The lowest BCUT2D eigenvalue weighted by Crippen LogP contribution is -2.46. The van der Waals surface area contributed by atoms with Crippen LogP contribution in [0.1, 0.15) is 44.1 Å². The van der Waals surface area contributed by atoms with Gasteiger partial charge >= 0.3 is 0 Å². The van der Waals surface area contributed by atoms with E-state index in [1.807, 2.05) is 25.2 Å². The molecular weight excluding hydrogens is 366 g/mol. The molecule has 1 saturated carbocycles. The zero-order valence-electron chi connectivity index (χ0n) is 17.4. The summed E-state index contributed by atoms with van der Waals surface area (Å²) in [4.78, 5) is 18.5. The minimum absolute atomic E-state index is 0.0860. The van der Waals surface area contributed by atoms with Crippen molar-refractivity contribution in [1.29, 1.82) is 0 Å². The van der Waals surface area contributed by atoms with Gasteiger partial charge in [0.25, 0.3) is 0 Å². The van der Waals surface area contributed by atoms with Gasteiger partial charge in [-0.3, -0.25) is 14.7 Å². The highest BCUT2D eigenvalue weighted by atomic mass is 16.5. The minimum Gasteiger partial charge on any atom is -0.492 e. The number of hydrogen-bond acceptors (Lipinski definition) is 4. The molecule has 158 valence electrons. The van der Waals surface area contributed by atoms with Crippen LogP contribution < -0.4 is 20.7 Å². The van der Waals surface area contributed by atoms with Gasteiger partial charge in [0.15, 0.2) is 5.96 Å². The lowest BCUT2D eigenvalue weighted by atomic mass is 10.0. The molecular formula is C22H33N5O2. The molecule has 1 unspecified atom stereocenters. The van der Waals surface area contributed by atoms with Crippen molar-refractivity contribution in [3.05, 3.63) is 23.8 Å². The van der Waals surface area contributed by atoms with E-state index in [9.17, 15) is 4.79 Å². The van der Waals surface area contributed by atoms with Crippen molar-refractivity contribution in [3.63, 3.8) is 0 Å². The molecule has 1 aromatic rings. The van der Waals surface area contributed by atoms with Gasteiger partial charge < -0.3 is 20.7 Å². The summed E-state index contributed by atoms with van der Waals surface area (Å²) >= 11 is 0. The molecule has 2 aliphatic heterocycles. The van der Waals surface area contributed by atoms with Gasteiger partial charge in [-0.05, 0) is 49.4 Å². The molecule has 1 amide bonds. The normalized spacial score (nSPS) is 23.0. The fourth-order valence-electron chi connectivity index (χ4n) is 4.68. The first-order valence-corrected chi connectivity index (χ1v) is 11.0. The topological polar surface area (TPSA) is 78.0 Å². The lowest BCUT2D eigenvalue weighted by Gasteiger charge is -2.24. The molecule has 1 atom stereocenters. The molecule has 4 rings (SSSR count). The van der Waals surface area contributed by atoms with E-state index < -0.39 is 0 Å². The van der Waals surface area contributed by atoms with Gasteiger partial charge in [0.2, 0.25) is 5.91 Å². The molecule has 7 heteroatoms. The zero-order chi connectivity index (χ0) is 20.1. The van der Waals surface area contributed by atoms with Gasteiger partial charge in [-0.15, -0.1) is 0 Å². The Bertz CT molecular complexity index is 745. The molecule has 1 saturated heterocycles. The molecule has 7 nitrogen and oxygen atoms in total. The SMILES string of the molecule is CN=C(NCCOc1ccc2c(c1)CCC(=O)N2)NC1CCN(C2CCCC2)C1. The number of hydrogen-bond donors (Lipinski definition) is 3. The summed E-state index contributed by atoms with van der Waals surface area (Å²) < 4.78 is 5.88. The van der Waals surface area contributed by atoms with E-state index in [4.69, 9.17) is 4.74 Å². The van der Waals surface area contributed by atoms with E-state index in [0.29, 0.717) is 25.6 Å². The standard InChI is InChI=1S/C22H33N5O2/c1-23-22(25-17-10-12-27(15-17)18-4-2-3-5-18)24-11-13-29-19-7-8-20-16(14-19)6-9-21(28)26-20/h7-8,14,17-18H,2-6,9-13,15H2,1H3,(H,26,28)(H2,23,24,25). The largest absolute Gasteiger partial charge is 0.492 e. The van der Waals surface area contributed by atoms with Gasteiger partial charge in [-0.1, -0.05) is 12.8 Å². The fourth-order valence-corrected chi connectivity index (χ4v) is 4.68. The van der Waals surface area contributed by atoms with E-state index in [1.54, 1.807) is 0 Å². The Hall–Kier alpha value is -2.28. The predicted molar refractivity (Wildman–Crippen MR) is 116 cm³/mol. The number of aryl methyl sites for hydroxylation is 1. The number of likely N-dealkylation sites (tertiary alicyclic amines) is 1. The maximum absolute atomic E-state index is 11.5. The summed E-state index contributed by atoms with van der Waals surface area (Å²) in [6.45, 7) is 3.56. The second kappa shape index (κ2) is 9.48. The van der Waals surface area contributed by atoms with Crippen molar-refractivity contribution in [2.24, 2.45) is 4.99 Å². The highest BCUT2D eigenvalue weighted by Crippen LogP contribution is 2.27. The number of fused-ring (bicyclic) bond motifs is 1. The number of ether oxygens (including phenoxy) is 1. The van der Waals surface area contributed by atoms with Crippen LogP contribution in [0.25, 0.3) is 0 Å². The predicted octanol–water partition coefficient (Wildman–Crippen LogP) is 2.13. The van der Waals surface area contributed by atoms with E-state index >= 15 is 0 Å². The molecule has 3 aliphatic rings. The Morgan fingerprint density at radius 2 is 2.14 bits per heavy atom. The van der Waals surface area contributed by atoms with E-state index in [-0.39, 0.29) is 5.91 Å². The number of nitrogens with one attached hydrogen (secondary N) is 3. The number of aliphatic imine (C=N–C) groups is 1. The zero-order valence-corrected chi connectivity index (χ0v) is 17.4. The second-order valence-electron chi connectivity index (χ2n) is 8.28. The summed E-state index contributed by atoms with van der Waals surface area (Å²) in [6.07, 6.45) is 8.01. The van der Waals surface area contributed by atoms with E-state index in [1.165, 1.54) is 38.6 Å². The molecule has 0 spiro atoms. The van der Waals surface area contributed by atoms with Crippen LogP contribution in [0.5, 0.6) is 5.75 Å². The highest BCUT2D eigenvalue weighted by Gasteiger charge is 2.30. The molecule has 3 N–H and O–H groups in total. The molecule has 2 heterocycles. The van der Waals surface area contributed by atoms with Crippen LogP contribution in [0.3, 0.4) is 0 Å². The Morgan fingerprint density at radius 3 is 2.97 bits per heavy atom. The van der Waals surface area contributed by atoms with Crippen molar-refractivity contribution in [3.8, 4) is 5.75 Å². The van der Waals surface area contributed by atoms with Gasteiger partial charge in [0, 0.05) is 44.3 Å². The van der Waals surface area contributed by atoms with Gasteiger partial charge in [-0.25, -0.2) is 0 Å². The number of carbonyl (C=O) groups excluding carboxylic acids is 1. The number of nitrogens with zero attached hydrogens (tertiary/aromatic N) is 2. The number of guanidine groups is 1. The van der Waals surface area contributed by atoms with Gasteiger partial charge in [0.05, 0.1) is 6.54 Å². The van der Waals surface area contributed by atoms with Crippen LogP contribution >= 0.6 is 0 Å². The summed E-state index contributed by atoms with van der Waals surface area (Å²) in [6, 6.07) is 7.13. The molecule has 1 aromatic carbocycles. The monoisotopic (exact) mass is 399 g/mol. The smallest absolute Gasteiger partial charge is 0.224 e. The second-order valence-corrected chi connectivity index (χ2v) is 8.28. The number of carbonyl (C=O) groups is 1. The lowest BCUT2D eigenvalue weighted by molar-refractivity contribution is -0.116. The highest BCUT2D eigenvalue weighted by molar-refractivity contribution is 5.94. The third kappa shape index (κ3) is 5.21. The van der Waals surface area contributed by atoms with E-state index in [2.05, 4.69) is 25.8 Å². The Kier molecular flexibility index (Phi) is 6.54. The number of benzene rings is 1. The van der Waals surface area contributed by atoms with E-state index in [0.717, 1.165) is 42.0 Å². The first kappa shape index (κ1) is 20.0. The minimum atomic E-state index is 0.0860. The number of rotatable bonds is 6. The van der Waals surface area contributed by atoms with Crippen molar-refractivity contribution in [2.75, 3.05) is 38.6 Å². The van der Waals surface area contributed by atoms with Gasteiger partial charge in [-0.2, -0.15) is 0 Å². The van der Waals surface area contributed by atoms with Crippen molar-refractivity contribution in [2.45, 2.75) is 57.0 Å². The Morgan fingerprint density at radius 1 is 1.28 bits per heavy atom. The van der Waals surface area contributed by atoms with Crippen molar-refractivity contribution >= 4 is 17.6 Å². The third-order valence-electron chi connectivity index (χ3n) is 6.26. The summed E-state index contributed by atoms with van der Waals surface area (Å²) in [5.41, 5.74) is 2.04. The quantitative estimate of drug-likeness (QED) is 0.388. The van der Waals surface area contributed by atoms with Crippen LogP contribution in [-0.4, -0.2) is 62.1 Å². The maximum atomic E-state index is 11.5. The van der Waals surface area contributed by atoms with Crippen LogP contribution in [0.15, 0.2) is 23.2 Å². The molecule has 2 fully saturated rings. The van der Waals surface area contributed by atoms with Gasteiger partial charge in [0.1, 0.15) is 12.4 Å². The van der Waals surface area contributed by atoms with Crippen molar-refractivity contribution in [1.82, 2.24) is 15.5 Å². The third-order valence-corrected chi connectivity index (χ3v) is 6.26. The summed E-state index contributed by atoms with van der Waals surface area (Å²) in [7, 11) is 1.82. The summed E-state index contributed by atoms with van der Waals surface area (Å²) in [5, 5.41) is 9.82. The molecule has 1 aliphatic carbocycles. The number of amides is 1.